The molecule has 0 aliphatic heterocycles. The van der Waals surface area contributed by atoms with Crippen molar-refractivity contribution in [2.75, 3.05) is 6.61 Å². The molecule has 19 heavy (non-hydrogen) atoms. The van der Waals surface area contributed by atoms with Gasteiger partial charge in [0.05, 0.1) is 19.1 Å². The molecule has 100 valence electrons. The Labute approximate surface area is 111 Å². The van der Waals surface area contributed by atoms with Crippen molar-refractivity contribution in [3.05, 3.63) is 53.9 Å². The molecule has 0 unspecified atom stereocenters. The minimum atomic E-state index is -0.266. The van der Waals surface area contributed by atoms with Crippen LogP contribution in [0.25, 0.3) is 0 Å². The molecule has 0 aliphatic carbocycles. The predicted octanol–water partition coefficient (Wildman–Crippen LogP) is 0.672. The topological polar surface area (TPSA) is 78.0 Å². The Kier molecular flexibility index (Phi) is 4.69. The third-order valence-corrected chi connectivity index (χ3v) is 2.82. The predicted molar refractivity (Wildman–Crippen MR) is 71.5 cm³/mol. The van der Waals surface area contributed by atoms with E-state index >= 15 is 0 Å². The first-order valence-electron chi connectivity index (χ1n) is 6.20. The fourth-order valence-corrected chi connectivity index (χ4v) is 1.89. The van der Waals surface area contributed by atoms with Gasteiger partial charge in [0, 0.05) is 11.9 Å². The maximum Gasteiger partial charge on any atom is 0.226 e. The zero-order valence-corrected chi connectivity index (χ0v) is 10.5. The summed E-state index contributed by atoms with van der Waals surface area (Å²) in [6, 6.07) is 11.3. The number of nitrogens with zero attached hydrogens (tertiary/aromatic N) is 1. The van der Waals surface area contributed by atoms with Crippen LogP contribution in [0.2, 0.25) is 0 Å². The number of nitrogens with one attached hydrogen (secondary N) is 2. The highest BCUT2D eigenvalue weighted by atomic mass is 16.3. The Balaban J connectivity index is 1.86. The van der Waals surface area contributed by atoms with E-state index in [9.17, 15) is 9.90 Å². The van der Waals surface area contributed by atoms with Crippen molar-refractivity contribution in [2.45, 2.75) is 18.9 Å². The van der Waals surface area contributed by atoms with Crippen LogP contribution >= 0.6 is 0 Å². The van der Waals surface area contributed by atoms with Gasteiger partial charge in [-0.2, -0.15) is 5.10 Å². The van der Waals surface area contributed by atoms with Crippen LogP contribution in [0.4, 0.5) is 0 Å². The lowest BCUT2D eigenvalue weighted by Crippen LogP contribution is -2.39. The van der Waals surface area contributed by atoms with E-state index < -0.39 is 0 Å². The second-order valence-electron chi connectivity index (χ2n) is 4.40. The monoisotopic (exact) mass is 259 g/mol. The SMILES string of the molecule is O=C(Cc1ccn[nH]1)N[C@H](CO)Cc1ccccc1. The summed E-state index contributed by atoms with van der Waals surface area (Å²) in [4.78, 5) is 11.8. The number of H-pyrrole nitrogens is 1. The van der Waals surface area contributed by atoms with Crippen molar-refractivity contribution in [1.29, 1.82) is 0 Å². The Morgan fingerprint density at radius 3 is 2.74 bits per heavy atom. The molecule has 5 nitrogen and oxygen atoms in total. The summed E-state index contributed by atoms with van der Waals surface area (Å²) in [5.74, 6) is -0.126. The van der Waals surface area contributed by atoms with Crippen molar-refractivity contribution in [2.24, 2.45) is 0 Å². The first-order valence-corrected chi connectivity index (χ1v) is 6.20. The van der Waals surface area contributed by atoms with Gasteiger partial charge in [-0.05, 0) is 18.1 Å². The van der Waals surface area contributed by atoms with Crippen LogP contribution in [-0.2, 0) is 17.6 Å². The summed E-state index contributed by atoms with van der Waals surface area (Å²) in [5, 5.41) is 18.7. The van der Waals surface area contributed by atoms with Crippen molar-refractivity contribution in [3.63, 3.8) is 0 Å². The highest BCUT2D eigenvalue weighted by Gasteiger charge is 2.12. The standard InChI is InChI=1S/C14H17N3O2/c18-10-13(8-11-4-2-1-3-5-11)16-14(19)9-12-6-7-15-17-12/h1-7,13,18H,8-10H2,(H,15,17)(H,16,19)/t13-/m0/s1. The van der Waals surface area contributed by atoms with Crippen LogP contribution < -0.4 is 5.32 Å². The molecule has 0 radical (unpaired) electrons. The van der Waals surface area contributed by atoms with E-state index in [0.29, 0.717) is 6.42 Å². The largest absolute Gasteiger partial charge is 0.394 e. The van der Waals surface area contributed by atoms with Gasteiger partial charge in [0.15, 0.2) is 0 Å². The fourth-order valence-electron chi connectivity index (χ4n) is 1.89. The molecule has 0 saturated heterocycles. The Bertz CT molecular complexity index is 497. The van der Waals surface area contributed by atoms with E-state index in [0.717, 1.165) is 11.3 Å². The molecule has 1 aromatic carbocycles. The zero-order chi connectivity index (χ0) is 13.5. The van der Waals surface area contributed by atoms with E-state index in [2.05, 4.69) is 15.5 Å². The second-order valence-corrected chi connectivity index (χ2v) is 4.40. The highest BCUT2D eigenvalue weighted by Crippen LogP contribution is 2.03. The lowest BCUT2D eigenvalue weighted by atomic mass is 10.1. The maximum atomic E-state index is 11.8. The van der Waals surface area contributed by atoms with E-state index in [4.69, 9.17) is 0 Å². The maximum absolute atomic E-state index is 11.8. The molecular formula is C14H17N3O2. The second kappa shape index (κ2) is 6.70. The summed E-state index contributed by atoms with van der Waals surface area (Å²) in [6.45, 7) is -0.0798. The number of carbonyl (C=O) groups excluding carboxylic acids is 1. The molecule has 2 rings (SSSR count). The van der Waals surface area contributed by atoms with E-state index in [1.165, 1.54) is 0 Å². The Morgan fingerprint density at radius 2 is 2.11 bits per heavy atom. The van der Waals surface area contributed by atoms with Crippen LogP contribution in [0.5, 0.6) is 0 Å². The Hall–Kier alpha value is -2.14. The molecule has 1 atom stereocenters. The molecular weight excluding hydrogens is 242 g/mol. The van der Waals surface area contributed by atoms with Crippen LogP contribution in [0.1, 0.15) is 11.3 Å². The smallest absolute Gasteiger partial charge is 0.226 e. The third-order valence-electron chi connectivity index (χ3n) is 2.82. The summed E-state index contributed by atoms with van der Waals surface area (Å²) in [6.07, 6.45) is 2.47. The average Bonchev–Trinajstić information content (AvgIpc) is 2.92. The quantitative estimate of drug-likeness (QED) is 0.713. The van der Waals surface area contributed by atoms with Crippen molar-refractivity contribution >= 4 is 5.91 Å². The van der Waals surface area contributed by atoms with Gasteiger partial charge >= 0.3 is 0 Å². The third kappa shape index (κ3) is 4.22. The van der Waals surface area contributed by atoms with Gasteiger partial charge < -0.3 is 10.4 Å². The van der Waals surface area contributed by atoms with Crippen LogP contribution in [0.3, 0.4) is 0 Å². The first kappa shape index (κ1) is 13.3. The molecule has 0 fully saturated rings. The van der Waals surface area contributed by atoms with Crippen molar-refractivity contribution in [1.82, 2.24) is 15.5 Å². The number of hydrogen-bond donors (Lipinski definition) is 3. The molecule has 2 aromatic rings. The molecule has 5 heteroatoms. The molecule has 1 aromatic heterocycles. The summed E-state index contributed by atoms with van der Waals surface area (Å²) >= 11 is 0. The molecule has 1 heterocycles. The summed E-state index contributed by atoms with van der Waals surface area (Å²) in [7, 11) is 0. The van der Waals surface area contributed by atoms with Gasteiger partial charge in [-0.3, -0.25) is 9.89 Å². The van der Waals surface area contributed by atoms with Gasteiger partial charge in [-0.25, -0.2) is 0 Å². The summed E-state index contributed by atoms with van der Waals surface area (Å²) < 4.78 is 0. The number of aromatic amines is 1. The number of aliphatic hydroxyl groups is 1. The first-order chi connectivity index (χ1) is 9.28. The van der Waals surface area contributed by atoms with Gasteiger partial charge in [0.1, 0.15) is 0 Å². The van der Waals surface area contributed by atoms with Crippen LogP contribution in [0.15, 0.2) is 42.6 Å². The fraction of sp³-hybridized carbons (Fsp3) is 0.286. The summed E-state index contributed by atoms with van der Waals surface area (Å²) in [5.41, 5.74) is 1.84. The molecule has 0 bridgehead atoms. The molecule has 0 saturated carbocycles. The van der Waals surface area contributed by atoms with Crippen LogP contribution in [-0.4, -0.2) is 33.9 Å². The minimum absolute atomic E-state index is 0.0798. The molecule has 0 aliphatic rings. The zero-order valence-electron chi connectivity index (χ0n) is 10.5. The number of carbonyl (C=O) groups is 1. The van der Waals surface area contributed by atoms with Gasteiger partial charge in [0.2, 0.25) is 5.91 Å². The lowest BCUT2D eigenvalue weighted by Gasteiger charge is -2.16. The highest BCUT2D eigenvalue weighted by molar-refractivity contribution is 5.78. The Morgan fingerprint density at radius 1 is 1.32 bits per heavy atom. The van der Waals surface area contributed by atoms with E-state index in [1.807, 2.05) is 30.3 Å². The number of aromatic nitrogens is 2. The van der Waals surface area contributed by atoms with Gasteiger partial charge in [0.25, 0.3) is 0 Å². The minimum Gasteiger partial charge on any atom is -0.394 e. The van der Waals surface area contributed by atoms with Crippen molar-refractivity contribution in [3.8, 4) is 0 Å². The van der Waals surface area contributed by atoms with Crippen LogP contribution in [0, 0.1) is 0 Å². The van der Waals surface area contributed by atoms with E-state index in [1.54, 1.807) is 12.3 Å². The molecule has 3 N–H and O–H groups in total. The van der Waals surface area contributed by atoms with E-state index in [-0.39, 0.29) is 25.0 Å². The number of benzene rings is 1. The molecule has 1 amide bonds. The number of rotatable bonds is 6. The number of amides is 1. The van der Waals surface area contributed by atoms with Crippen molar-refractivity contribution < 1.29 is 9.90 Å². The molecule has 0 spiro atoms. The number of hydrogen-bond acceptors (Lipinski definition) is 3. The average molecular weight is 259 g/mol. The van der Waals surface area contributed by atoms with Gasteiger partial charge in [-0.1, -0.05) is 30.3 Å². The number of aliphatic hydroxyl groups excluding tert-OH is 1. The van der Waals surface area contributed by atoms with Gasteiger partial charge in [-0.15, -0.1) is 0 Å². The lowest BCUT2D eigenvalue weighted by molar-refractivity contribution is -0.121. The normalized spacial score (nSPS) is 12.1.